The Balaban J connectivity index is 1.68. The predicted molar refractivity (Wildman–Crippen MR) is 91.5 cm³/mol. The van der Waals surface area contributed by atoms with E-state index >= 15 is 0 Å². The summed E-state index contributed by atoms with van der Waals surface area (Å²) < 4.78 is 1.96. The highest BCUT2D eigenvalue weighted by atomic mass is 16.2. The van der Waals surface area contributed by atoms with Gasteiger partial charge < -0.3 is 15.2 Å². The number of hydrogen-bond acceptors (Lipinski definition) is 4. The van der Waals surface area contributed by atoms with Gasteiger partial charge in [-0.1, -0.05) is 20.8 Å². The van der Waals surface area contributed by atoms with Gasteiger partial charge in [-0.25, -0.2) is 9.78 Å². The van der Waals surface area contributed by atoms with Crippen molar-refractivity contribution in [1.82, 2.24) is 30.3 Å². The fraction of sp³-hybridized carbons (Fsp3) is 0.375. The third-order valence-corrected chi connectivity index (χ3v) is 3.88. The van der Waals surface area contributed by atoms with Crippen molar-refractivity contribution in [2.75, 3.05) is 5.32 Å². The topological polar surface area (TPSA) is 101 Å². The van der Waals surface area contributed by atoms with Crippen LogP contribution in [0.25, 0.3) is 11.0 Å². The Morgan fingerprint density at radius 2 is 2.08 bits per heavy atom. The van der Waals surface area contributed by atoms with E-state index in [2.05, 4.69) is 51.8 Å². The zero-order chi connectivity index (χ0) is 17.2. The van der Waals surface area contributed by atoms with Crippen molar-refractivity contribution in [2.24, 2.45) is 5.41 Å². The number of carbonyl (C=O) groups excluding carboxylic acids is 1. The summed E-state index contributed by atoms with van der Waals surface area (Å²) in [4.78, 5) is 16.4. The Labute approximate surface area is 139 Å². The summed E-state index contributed by atoms with van der Waals surface area (Å²) in [5, 5.41) is 16.5. The molecule has 0 aliphatic rings. The molecular formula is C16H21N7O. The van der Waals surface area contributed by atoms with Crippen LogP contribution in [0.5, 0.6) is 0 Å². The zero-order valence-electron chi connectivity index (χ0n) is 13.9. The zero-order valence-corrected chi connectivity index (χ0v) is 13.9. The molecule has 0 radical (unpaired) electrons. The van der Waals surface area contributed by atoms with Gasteiger partial charge in [0.2, 0.25) is 0 Å². The van der Waals surface area contributed by atoms with E-state index in [9.17, 15) is 4.79 Å². The predicted octanol–water partition coefficient (Wildman–Crippen LogP) is 2.39. The number of aromatic amines is 1. The normalized spacial score (nSPS) is 13.0. The molecule has 0 unspecified atom stereocenters. The van der Waals surface area contributed by atoms with E-state index in [0.29, 0.717) is 17.7 Å². The first kappa shape index (κ1) is 16.0. The van der Waals surface area contributed by atoms with E-state index in [1.807, 2.05) is 10.8 Å². The highest BCUT2D eigenvalue weighted by molar-refractivity contribution is 5.91. The first-order valence-electron chi connectivity index (χ1n) is 7.75. The molecule has 24 heavy (non-hydrogen) atoms. The van der Waals surface area contributed by atoms with Crippen molar-refractivity contribution in [1.29, 1.82) is 0 Å². The maximum absolute atomic E-state index is 12.4. The van der Waals surface area contributed by atoms with E-state index in [0.717, 1.165) is 5.52 Å². The van der Waals surface area contributed by atoms with E-state index in [1.165, 1.54) is 0 Å². The van der Waals surface area contributed by atoms with Crippen LogP contribution in [0, 0.1) is 5.41 Å². The number of fused-ring (bicyclic) bond motifs is 1. The Kier molecular flexibility index (Phi) is 4.20. The second-order valence-corrected chi connectivity index (χ2v) is 6.80. The smallest absolute Gasteiger partial charge is 0.319 e. The monoisotopic (exact) mass is 327 g/mol. The number of rotatable bonds is 4. The third-order valence-electron chi connectivity index (χ3n) is 3.88. The number of nitrogens with one attached hydrogen (secondary N) is 3. The number of H-pyrrole nitrogens is 1. The summed E-state index contributed by atoms with van der Waals surface area (Å²) in [6.07, 6.45) is 5.36. The highest BCUT2D eigenvalue weighted by Gasteiger charge is 2.26. The van der Waals surface area contributed by atoms with Crippen LogP contribution in [0.2, 0.25) is 0 Å². The van der Waals surface area contributed by atoms with Gasteiger partial charge in [-0.3, -0.25) is 0 Å². The van der Waals surface area contributed by atoms with Crippen molar-refractivity contribution in [3.8, 4) is 0 Å². The quantitative estimate of drug-likeness (QED) is 0.685. The summed E-state index contributed by atoms with van der Waals surface area (Å²) in [6, 6.07) is 5.08. The van der Waals surface area contributed by atoms with E-state index in [-0.39, 0.29) is 17.5 Å². The molecule has 3 rings (SSSR count). The van der Waals surface area contributed by atoms with Crippen molar-refractivity contribution >= 4 is 22.8 Å². The molecule has 3 N–H and O–H groups in total. The summed E-state index contributed by atoms with van der Waals surface area (Å²) in [6.45, 7) is 6.93. The van der Waals surface area contributed by atoms with Crippen LogP contribution < -0.4 is 10.6 Å². The van der Waals surface area contributed by atoms with Crippen LogP contribution in [0.15, 0.2) is 36.9 Å². The standard InChI is InChI=1S/C16H21N7O/c1-16(2,3)14(9-23-7-6-17-10-23)19-15(24)18-11-4-5-12-13(8-11)21-22-20-12/h4-8,10,14H,9H2,1-3H3,(H2,18,19,24)(H,20,21,22)/t14-/m0/s1. The first-order chi connectivity index (χ1) is 11.4. The average molecular weight is 327 g/mol. The van der Waals surface area contributed by atoms with Crippen molar-refractivity contribution in [3.63, 3.8) is 0 Å². The Morgan fingerprint density at radius 3 is 2.79 bits per heavy atom. The molecule has 0 spiro atoms. The number of amides is 2. The number of hydrogen-bond donors (Lipinski definition) is 3. The number of urea groups is 1. The lowest BCUT2D eigenvalue weighted by molar-refractivity contribution is 0.219. The van der Waals surface area contributed by atoms with Crippen molar-refractivity contribution < 1.29 is 4.79 Å². The van der Waals surface area contributed by atoms with Crippen molar-refractivity contribution in [2.45, 2.75) is 33.4 Å². The SMILES string of the molecule is CC(C)(C)[C@H](Cn1ccnc1)NC(=O)Nc1ccc2n[nH]nc2c1. The molecule has 8 heteroatoms. The molecule has 1 atom stereocenters. The van der Waals surface area contributed by atoms with Crippen LogP contribution >= 0.6 is 0 Å². The fourth-order valence-corrected chi connectivity index (χ4v) is 2.39. The van der Waals surface area contributed by atoms with Gasteiger partial charge in [0.05, 0.1) is 12.4 Å². The van der Waals surface area contributed by atoms with Gasteiger partial charge in [-0.2, -0.15) is 15.4 Å². The van der Waals surface area contributed by atoms with Crippen LogP contribution in [-0.4, -0.2) is 37.0 Å². The van der Waals surface area contributed by atoms with Gasteiger partial charge in [-0.05, 0) is 23.6 Å². The van der Waals surface area contributed by atoms with E-state index in [4.69, 9.17) is 0 Å². The molecule has 8 nitrogen and oxygen atoms in total. The molecule has 1 aromatic carbocycles. The van der Waals surface area contributed by atoms with Gasteiger partial charge in [0, 0.05) is 24.6 Å². The largest absolute Gasteiger partial charge is 0.335 e. The number of aromatic nitrogens is 5. The molecule has 2 heterocycles. The fourth-order valence-electron chi connectivity index (χ4n) is 2.39. The minimum Gasteiger partial charge on any atom is -0.335 e. The van der Waals surface area contributed by atoms with E-state index < -0.39 is 0 Å². The van der Waals surface area contributed by atoms with Gasteiger partial charge in [0.25, 0.3) is 0 Å². The molecular weight excluding hydrogens is 306 g/mol. The molecule has 3 aromatic rings. The number of nitrogens with zero attached hydrogens (tertiary/aromatic N) is 4. The maximum atomic E-state index is 12.4. The second-order valence-electron chi connectivity index (χ2n) is 6.80. The van der Waals surface area contributed by atoms with Crippen LogP contribution in [-0.2, 0) is 6.54 Å². The number of carbonyl (C=O) groups is 1. The van der Waals surface area contributed by atoms with Crippen molar-refractivity contribution in [3.05, 3.63) is 36.9 Å². The summed E-state index contributed by atoms with van der Waals surface area (Å²) in [5.41, 5.74) is 2.04. The molecule has 2 aromatic heterocycles. The summed E-state index contributed by atoms with van der Waals surface area (Å²) >= 11 is 0. The Bertz CT molecular complexity index is 816. The Morgan fingerprint density at radius 1 is 1.29 bits per heavy atom. The number of anilines is 1. The molecule has 0 saturated carbocycles. The van der Waals surface area contributed by atoms with Gasteiger partial charge in [0.1, 0.15) is 11.0 Å². The summed E-state index contributed by atoms with van der Waals surface area (Å²) in [5.74, 6) is 0. The second kappa shape index (κ2) is 6.31. The lowest BCUT2D eigenvalue weighted by Crippen LogP contribution is -2.47. The lowest BCUT2D eigenvalue weighted by Gasteiger charge is -2.31. The van der Waals surface area contributed by atoms with Crippen LogP contribution in [0.4, 0.5) is 10.5 Å². The molecule has 0 bridgehead atoms. The average Bonchev–Trinajstić information content (AvgIpc) is 3.16. The van der Waals surface area contributed by atoms with Gasteiger partial charge >= 0.3 is 6.03 Å². The Hall–Kier alpha value is -2.90. The van der Waals surface area contributed by atoms with Crippen LogP contribution in [0.3, 0.4) is 0 Å². The molecule has 0 aliphatic carbocycles. The molecule has 0 saturated heterocycles. The highest BCUT2D eigenvalue weighted by Crippen LogP contribution is 2.21. The van der Waals surface area contributed by atoms with Gasteiger partial charge in [-0.15, -0.1) is 0 Å². The molecule has 0 fully saturated rings. The minimum atomic E-state index is -0.252. The number of imidazole rings is 1. The first-order valence-corrected chi connectivity index (χ1v) is 7.75. The molecule has 2 amide bonds. The van der Waals surface area contributed by atoms with Crippen LogP contribution in [0.1, 0.15) is 20.8 Å². The lowest BCUT2D eigenvalue weighted by atomic mass is 9.86. The molecule has 0 aliphatic heterocycles. The third kappa shape index (κ3) is 3.70. The molecule has 126 valence electrons. The van der Waals surface area contributed by atoms with Gasteiger partial charge in [0.15, 0.2) is 0 Å². The van der Waals surface area contributed by atoms with E-state index in [1.54, 1.807) is 30.7 Å². The number of benzene rings is 1. The maximum Gasteiger partial charge on any atom is 0.319 e. The summed E-state index contributed by atoms with van der Waals surface area (Å²) in [7, 11) is 0. The minimum absolute atomic E-state index is 0.0533.